The van der Waals surface area contributed by atoms with Crippen molar-refractivity contribution in [2.24, 2.45) is 0 Å². The lowest BCUT2D eigenvalue weighted by molar-refractivity contribution is 0.0489. The number of hydrogen-bond donors (Lipinski definition) is 1. The Kier molecular flexibility index (Phi) is 3.89. The Morgan fingerprint density at radius 3 is 2.82 bits per heavy atom. The third kappa shape index (κ3) is 2.83. The molecule has 7 nitrogen and oxygen atoms in total. The average Bonchev–Trinajstić information content (AvgIpc) is 3.15. The van der Waals surface area contributed by atoms with Crippen molar-refractivity contribution < 1.29 is 23.8 Å². The van der Waals surface area contributed by atoms with E-state index in [1.54, 1.807) is 35.2 Å². The van der Waals surface area contributed by atoms with Gasteiger partial charge in [0, 0.05) is 18.7 Å². The quantitative estimate of drug-likeness (QED) is 0.821. The van der Waals surface area contributed by atoms with E-state index < -0.39 is 5.54 Å². The standard InChI is InChI=1S/C21H20N2O5/c24-19-15-4-1-2-5-16(15)26-12-21(22-19)8-3-9-23(11-21)20(25)14-6-7-17-18(10-14)28-13-27-17/h1-2,4-7,10H,3,8-9,11-13H2,(H,22,24). The molecule has 28 heavy (non-hydrogen) atoms. The van der Waals surface area contributed by atoms with E-state index in [0.717, 1.165) is 12.8 Å². The monoisotopic (exact) mass is 380 g/mol. The Hall–Kier alpha value is -3.22. The van der Waals surface area contributed by atoms with Gasteiger partial charge in [-0.1, -0.05) is 12.1 Å². The van der Waals surface area contributed by atoms with Crippen molar-refractivity contribution >= 4 is 11.8 Å². The van der Waals surface area contributed by atoms with Gasteiger partial charge in [0.15, 0.2) is 11.5 Å². The molecule has 3 aliphatic heterocycles. The summed E-state index contributed by atoms with van der Waals surface area (Å²) < 4.78 is 16.6. The van der Waals surface area contributed by atoms with E-state index in [-0.39, 0.29) is 18.6 Å². The van der Waals surface area contributed by atoms with E-state index in [1.807, 2.05) is 12.1 Å². The van der Waals surface area contributed by atoms with Crippen molar-refractivity contribution in [3.05, 3.63) is 53.6 Å². The summed E-state index contributed by atoms with van der Waals surface area (Å²) in [5.41, 5.74) is 0.476. The van der Waals surface area contributed by atoms with Crippen LogP contribution in [0.2, 0.25) is 0 Å². The zero-order valence-electron chi connectivity index (χ0n) is 15.3. The highest BCUT2D eigenvalue weighted by Gasteiger charge is 2.41. The van der Waals surface area contributed by atoms with Crippen molar-refractivity contribution in [3.8, 4) is 17.2 Å². The molecule has 3 heterocycles. The number of benzene rings is 2. The van der Waals surface area contributed by atoms with Crippen LogP contribution in [0.15, 0.2) is 42.5 Å². The summed E-state index contributed by atoms with van der Waals surface area (Å²) in [7, 11) is 0. The van der Waals surface area contributed by atoms with Crippen LogP contribution in [0.4, 0.5) is 0 Å². The molecule has 1 atom stereocenters. The molecule has 0 aromatic heterocycles. The zero-order chi connectivity index (χ0) is 19.1. The van der Waals surface area contributed by atoms with E-state index in [9.17, 15) is 9.59 Å². The lowest BCUT2D eigenvalue weighted by Crippen LogP contribution is -2.61. The Morgan fingerprint density at radius 2 is 1.89 bits per heavy atom. The number of rotatable bonds is 1. The first-order valence-corrected chi connectivity index (χ1v) is 9.37. The smallest absolute Gasteiger partial charge is 0.255 e. The molecule has 2 aromatic rings. The fourth-order valence-corrected chi connectivity index (χ4v) is 4.08. The topological polar surface area (TPSA) is 77.1 Å². The van der Waals surface area contributed by atoms with Crippen molar-refractivity contribution in [1.82, 2.24) is 10.2 Å². The number of para-hydroxylation sites is 1. The third-order valence-electron chi connectivity index (χ3n) is 5.50. The molecule has 2 aromatic carbocycles. The molecule has 1 N–H and O–H groups in total. The highest BCUT2D eigenvalue weighted by molar-refractivity contribution is 5.98. The van der Waals surface area contributed by atoms with E-state index in [2.05, 4.69) is 5.32 Å². The van der Waals surface area contributed by atoms with Crippen LogP contribution in [0.3, 0.4) is 0 Å². The van der Waals surface area contributed by atoms with Crippen LogP contribution in [0.1, 0.15) is 33.6 Å². The van der Waals surface area contributed by atoms with E-state index in [0.29, 0.717) is 48.1 Å². The number of nitrogens with zero attached hydrogens (tertiary/aromatic N) is 1. The Labute approximate surface area is 162 Å². The summed E-state index contributed by atoms with van der Waals surface area (Å²) in [6, 6.07) is 12.4. The molecule has 0 radical (unpaired) electrons. The first-order valence-electron chi connectivity index (χ1n) is 9.37. The Balaban J connectivity index is 1.38. The number of carbonyl (C=O) groups excluding carboxylic acids is 2. The number of piperidine rings is 1. The van der Waals surface area contributed by atoms with Crippen LogP contribution < -0.4 is 19.5 Å². The molecule has 0 saturated carbocycles. The van der Waals surface area contributed by atoms with Crippen molar-refractivity contribution in [2.45, 2.75) is 18.4 Å². The molecule has 1 fully saturated rings. The molecule has 3 aliphatic rings. The van der Waals surface area contributed by atoms with Crippen LogP contribution in [0.25, 0.3) is 0 Å². The van der Waals surface area contributed by atoms with Gasteiger partial charge in [0.2, 0.25) is 6.79 Å². The van der Waals surface area contributed by atoms with Gasteiger partial charge >= 0.3 is 0 Å². The summed E-state index contributed by atoms with van der Waals surface area (Å²) in [5, 5.41) is 3.13. The van der Waals surface area contributed by atoms with Gasteiger partial charge in [0.05, 0.1) is 11.1 Å². The normalized spacial score (nSPS) is 22.9. The van der Waals surface area contributed by atoms with Gasteiger partial charge in [-0.2, -0.15) is 0 Å². The maximum absolute atomic E-state index is 13.1. The minimum absolute atomic E-state index is 0.0895. The van der Waals surface area contributed by atoms with Gasteiger partial charge in [-0.15, -0.1) is 0 Å². The highest BCUT2D eigenvalue weighted by Crippen LogP contribution is 2.34. The minimum atomic E-state index is -0.597. The fourth-order valence-electron chi connectivity index (χ4n) is 4.08. The van der Waals surface area contributed by atoms with Crippen LogP contribution in [-0.2, 0) is 0 Å². The SMILES string of the molecule is O=C1NC2(CCCN(C(=O)c3ccc4c(c3)OCO4)C2)COc2ccccc21. The van der Waals surface area contributed by atoms with Crippen molar-refractivity contribution in [3.63, 3.8) is 0 Å². The second-order valence-corrected chi connectivity index (χ2v) is 7.42. The number of ether oxygens (including phenoxy) is 3. The zero-order valence-corrected chi connectivity index (χ0v) is 15.3. The third-order valence-corrected chi connectivity index (χ3v) is 5.50. The molecule has 5 rings (SSSR count). The summed E-state index contributed by atoms with van der Waals surface area (Å²) in [6.45, 7) is 1.54. The molecular weight excluding hydrogens is 360 g/mol. The second-order valence-electron chi connectivity index (χ2n) is 7.42. The number of fused-ring (bicyclic) bond motifs is 2. The lowest BCUT2D eigenvalue weighted by atomic mass is 9.89. The summed E-state index contributed by atoms with van der Waals surface area (Å²) >= 11 is 0. The number of amides is 2. The Bertz CT molecular complexity index is 960. The molecule has 1 spiro atoms. The summed E-state index contributed by atoms with van der Waals surface area (Å²) in [5.74, 6) is 1.56. The van der Waals surface area contributed by atoms with Gasteiger partial charge < -0.3 is 24.4 Å². The minimum Gasteiger partial charge on any atom is -0.490 e. The predicted octanol–water partition coefficient (Wildman–Crippen LogP) is 2.21. The van der Waals surface area contributed by atoms with E-state index in [1.165, 1.54) is 0 Å². The van der Waals surface area contributed by atoms with Crippen molar-refractivity contribution in [1.29, 1.82) is 0 Å². The Morgan fingerprint density at radius 1 is 1.04 bits per heavy atom. The molecule has 1 unspecified atom stereocenters. The summed E-state index contributed by atoms with van der Waals surface area (Å²) in [6.07, 6.45) is 1.55. The van der Waals surface area contributed by atoms with E-state index in [4.69, 9.17) is 14.2 Å². The molecule has 2 amide bonds. The highest BCUT2D eigenvalue weighted by atomic mass is 16.7. The first-order chi connectivity index (χ1) is 13.6. The van der Waals surface area contributed by atoms with Gasteiger partial charge in [0.25, 0.3) is 11.8 Å². The van der Waals surface area contributed by atoms with Gasteiger partial charge in [-0.05, 0) is 43.2 Å². The number of nitrogens with one attached hydrogen (secondary N) is 1. The molecule has 1 saturated heterocycles. The van der Waals surface area contributed by atoms with E-state index >= 15 is 0 Å². The molecule has 0 bridgehead atoms. The molecule has 7 heteroatoms. The average molecular weight is 380 g/mol. The lowest BCUT2D eigenvalue weighted by Gasteiger charge is -2.42. The number of hydrogen-bond acceptors (Lipinski definition) is 5. The largest absolute Gasteiger partial charge is 0.490 e. The first kappa shape index (κ1) is 16.9. The van der Waals surface area contributed by atoms with Gasteiger partial charge in [0.1, 0.15) is 12.4 Å². The number of carbonyl (C=O) groups is 2. The maximum atomic E-state index is 13.1. The van der Waals surface area contributed by atoms with Crippen LogP contribution in [0.5, 0.6) is 17.2 Å². The van der Waals surface area contributed by atoms with Crippen LogP contribution >= 0.6 is 0 Å². The molecule has 0 aliphatic carbocycles. The second kappa shape index (κ2) is 6.44. The summed E-state index contributed by atoms with van der Waals surface area (Å²) in [4.78, 5) is 27.6. The molecule has 144 valence electrons. The van der Waals surface area contributed by atoms with Crippen LogP contribution in [0, 0.1) is 0 Å². The number of likely N-dealkylation sites (tertiary alicyclic amines) is 1. The van der Waals surface area contributed by atoms with Gasteiger partial charge in [-0.25, -0.2) is 0 Å². The maximum Gasteiger partial charge on any atom is 0.255 e. The van der Waals surface area contributed by atoms with Gasteiger partial charge in [-0.3, -0.25) is 9.59 Å². The predicted molar refractivity (Wildman–Crippen MR) is 99.8 cm³/mol. The fraction of sp³-hybridized carbons (Fsp3) is 0.333. The molecular formula is C21H20N2O5. The van der Waals surface area contributed by atoms with Crippen LogP contribution in [-0.4, -0.2) is 48.7 Å². The van der Waals surface area contributed by atoms with Crippen molar-refractivity contribution in [2.75, 3.05) is 26.5 Å².